The maximum Gasteiger partial charge on any atom is 0.328 e. The average Bonchev–Trinajstić information content (AvgIpc) is 3.15. The van der Waals surface area contributed by atoms with Crippen LogP contribution in [0.1, 0.15) is 31.7 Å². The van der Waals surface area contributed by atoms with Gasteiger partial charge in [-0.2, -0.15) is 5.10 Å². The van der Waals surface area contributed by atoms with Crippen molar-refractivity contribution in [3.63, 3.8) is 0 Å². The highest BCUT2D eigenvalue weighted by molar-refractivity contribution is 6.07. The SMILES string of the molecule is COC1CC(CN2CCN(Cc3ccn4ncc(N5CCC(=O)NC5=O)c4c3)C[C@@H]2C)C1. The number of hydrogen-bond acceptors (Lipinski definition) is 6. The van der Waals surface area contributed by atoms with Gasteiger partial charge in [-0.1, -0.05) is 0 Å². The first-order chi connectivity index (χ1) is 15.5. The Balaban J connectivity index is 1.22. The Morgan fingerprint density at radius 3 is 2.81 bits per heavy atom. The van der Waals surface area contributed by atoms with Crippen LogP contribution in [-0.2, 0) is 16.1 Å². The predicted octanol–water partition coefficient (Wildman–Crippen LogP) is 1.71. The number of amides is 3. The minimum absolute atomic E-state index is 0.229. The third-order valence-corrected chi connectivity index (χ3v) is 7.18. The number of urea groups is 1. The van der Waals surface area contributed by atoms with E-state index < -0.39 is 0 Å². The Kier molecular flexibility index (Phi) is 5.88. The molecule has 0 spiro atoms. The largest absolute Gasteiger partial charge is 0.381 e. The van der Waals surface area contributed by atoms with Crippen molar-refractivity contribution in [3.8, 4) is 0 Å². The van der Waals surface area contributed by atoms with Gasteiger partial charge in [0.2, 0.25) is 5.91 Å². The summed E-state index contributed by atoms with van der Waals surface area (Å²) in [6, 6.07) is 4.37. The number of imide groups is 1. The summed E-state index contributed by atoms with van der Waals surface area (Å²) in [7, 11) is 1.81. The summed E-state index contributed by atoms with van der Waals surface area (Å²) in [6.07, 6.45) is 6.81. The molecule has 4 heterocycles. The summed E-state index contributed by atoms with van der Waals surface area (Å²) in [6.45, 7) is 7.96. The van der Waals surface area contributed by atoms with Gasteiger partial charge in [-0.25, -0.2) is 9.31 Å². The number of carbonyl (C=O) groups excluding carboxylic acids is 2. The lowest BCUT2D eigenvalue weighted by atomic mass is 9.81. The minimum Gasteiger partial charge on any atom is -0.381 e. The summed E-state index contributed by atoms with van der Waals surface area (Å²) < 4.78 is 7.21. The minimum atomic E-state index is -0.380. The topological polar surface area (TPSA) is 82.4 Å². The van der Waals surface area contributed by atoms with Crippen LogP contribution in [-0.4, -0.2) is 83.3 Å². The maximum absolute atomic E-state index is 12.3. The van der Waals surface area contributed by atoms with Crippen molar-refractivity contribution in [3.05, 3.63) is 30.1 Å². The van der Waals surface area contributed by atoms with Gasteiger partial charge in [0.15, 0.2) is 0 Å². The smallest absolute Gasteiger partial charge is 0.328 e. The normalized spacial score (nSPS) is 27.6. The molecule has 0 radical (unpaired) electrons. The molecule has 2 aromatic rings. The van der Waals surface area contributed by atoms with Gasteiger partial charge >= 0.3 is 6.03 Å². The number of pyridine rings is 1. The van der Waals surface area contributed by atoms with Gasteiger partial charge in [0, 0.05) is 65.0 Å². The standard InChI is InChI=1S/C23H32N6O3/c1-16-13-26(7-8-27(16)15-18-9-19(10-18)32-2)14-17-3-6-29-20(11-17)21(12-24-29)28-5-4-22(30)25-23(28)31/h3,6,11-12,16,18-19H,4-5,7-10,13-15H2,1-2H3,(H,25,30,31)/t16-,18?,19?/m0/s1. The molecule has 2 aliphatic heterocycles. The van der Waals surface area contributed by atoms with Crippen molar-refractivity contribution in [1.29, 1.82) is 0 Å². The number of aromatic nitrogens is 2. The number of ether oxygens (including phenoxy) is 1. The fraction of sp³-hybridized carbons (Fsp3) is 0.609. The molecule has 1 N–H and O–H groups in total. The molecule has 2 saturated heterocycles. The summed E-state index contributed by atoms with van der Waals surface area (Å²) >= 11 is 0. The monoisotopic (exact) mass is 440 g/mol. The van der Waals surface area contributed by atoms with Gasteiger partial charge in [-0.15, -0.1) is 0 Å². The molecule has 0 aromatic carbocycles. The summed E-state index contributed by atoms with van der Waals surface area (Å²) in [5.74, 6) is 0.548. The van der Waals surface area contributed by atoms with Crippen LogP contribution in [0.5, 0.6) is 0 Å². The molecule has 3 amide bonds. The van der Waals surface area contributed by atoms with E-state index in [1.54, 1.807) is 15.6 Å². The third-order valence-electron chi connectivity index (χ3n) is 7.18. The van der Waals surface area contributed by atoms with E-state index in [1.165, 1.54) is 24.9 Å². The number of methoxy groups -OCH3 is 1. The van der Waals surface area contributed by atoms with E-state index >= 15 is 0 Å². The van der Waals surface area contributed by atoms with Crippen LogP contribution in [0.25, 0.3) is 5.52 Å². The molecule has 0 unspecified atom stereocenters. The molecule has 2 aromatic heterocycles. The second-order valence-electron chi connectivity index (χ2n) is 9.42. The van der Waals surface area contributed by atoms with Crippen molar-refractivity contribution >= 4 is 23.1 Å². The quantitative estimate of drug-likeness (QED) is 0.737. The molecule has 172 valence electrons. The highest BCUT2D eigenvalue weighted by Gasteiger charge is 2.33. The first-order valence-corrected chi connectivity index (χ1v) is 11.6. The van der Waals surface area contributed by atoms with Crippen LogP contribution in [0.4, 0.5) is 10.5 Å². The molecule has 5 rings (SSSR count). The molecule has 1 atom stereocenters. The van der Waals surface area contributed by atoms with Crippen LogP contribution in [0.2, 0.25) is 0 Å². The molecule has 3 aliphatic rings. The Hall–Kier alpha value is -2.49. The van der Waals surface area contributed by atoms with E-state index in [2.05, 4.69) is 39.3 Å². The van der Waals surface area contributed by atoms with E-state index in [1.807, 2.05) is 13.3 Å². The van der Waals surface area contributed by atoms with Gasteiger partial charge in [0.25, 0.3) is 0 Å². The Morgan fingerprint density at radius 1 is 1.22 bits per heavy atom. The zero-order chi connectivity index (χ0) is 22.2. The fourth-order valence-corrected chi connectivity index (χ4v) is 5.20. The van der Waals surface area contributed by atoms with Gasteiger partial charge in [-0.3, -0.25) is 24.8 Å². The molecule has 1 saturated carbocycles. The van der Waals surface area contributed by atoms with E-state index in [4.69, 9.17) is 4.74 Å². The maximum atomic E-state index is 12.3. The first-order valence-electron chi connectivity index (χ1n) is 11.6. The van der Waals surface area contributed by atoms with Crippen molar-refractivity contribution in [2.45, 2.75) is 44.9 Å². The molecule has 9 nitrogen and oxygen atoms in total. The lowest BCUT2D eigenvalue weighted by Crippen LogP contribution is -2.54. The molecular weight excluding hydrogens is 408 g/mol. The highest BCUT2D eigenvalue weighted by Crippen LogP contribution is 2.31. The number of hydrogen-bond donors (Lipinski definition) is 1. The van der Waals surface area contributed by atoms with E-state index in [-0.39, 0.29) is 11.9 Å². The number of nitrogens with zero attached hydrogens (tertiary/aromatic N) is 5. The van der Waals surface area contributed by atoms with Crippen LogP contribution in [0.15, 0.2) is 24.5 Å². The Morgan fingerprint density at radius 2 is 2.06 bits per heavy atom. The molecule has 0 bridgehead atoms. The van der Waals surface area contributed by atoms with E-state index in [0.29, 0.717) is 25.1 Å². The number of fused-ring (bicyclic) bond motifs is 1. The van der Waals surface area contributed by atoms with Crippen molar-refractivity contribution in [2.24, 2.45) is 5.92 Å². The van der Waals surface area contributed by atoms with E-state index in [0.717, 1.165) is 43.3 Å². The number of rotatable bonds is 6. The van der Waals surface area contributed by atoms with Crippen LogP contribution in [0, 0.1) is 5.92 Å². The molecule has 32 heavy (non-hydrogen) atoms. The second kappa shape index (κ2) is 8.80. The second-order valence-corrected chi connectivity index (χ2v) is 9.42. The number of piperazine rings is 1. The zero-order valence-corrected chi connectivity index (χ0v) is 18.9. The lowest BCUT2D eigenvalue weighted by Gasteiger charge is -2.44. The average molecular weight is 441 g/mol. The predicted molar refractivity (Wildman–Crippen MR) is 121 cm³/mol. The Labute approximate surface area is 188 Å². The third kappa shape index (κ3) is 4.24. The van der Waals surface area contributed by atoms with E-state index in [9.17, 15) is 9.59 Å². The number of nitrogens with one attached hydrogen (secondary N) is 1. The lowest BCUT2D eigenvalue weighted by molar-refractivity contribution is -0.120. The van der Waals surface area contributed by atoms with Gasteiger partial charge in [0.05, 0.1) is 23.5 Å². The van der Waals surface area contributed by atoms with Crippen LogP contribution < -0.4 is 10.2 Å². The number of carbonyl (C=O) groups is 2. The fourth-order valence-electron chi connectivity index (χ4n) is 5.20. The summed E-state index contributed by atoms with van der Waals surface area (Å²) in [5, 5.41) is 6.78. The van der Waals surface area contributed by atoms with Gasteiger partial charge < -0.3 is 4.74 Å². The van der Waals surface area contributed by atoms with Crippen LogP contribution in [0.3, 0.4) is 0 Å². The summed E-state index contributed by atoms with van der Waals surface area (Å²) in [5.41, 5.74) is 2.83. The number of anilines is 1. The Bertz CT molecular complexity index is 1000. The van der Waals surface area contributed by atoms with Crippen molar-refractivity contribution < 1.29 is 14.3 Å². The van der Waals surface area contributed by atoms with Gasteiger partial charge in [0.1, 0.15) is 0 Å². The molecule has 9 heteroatoms. The van der Waals surface area contributed by atoms with Crippen LogP contribution >= 0.6 is 0 Å². The zero-order valence-electron chi connectivity index (χ0n) is 18.9. The first kappa shape index (κ1) is 21.4. The summed E-state index contributed by atoms with van der Waals surface area (Å²) in [4.78, 5) is 30.5. The molecule has 1 aliphatic carbocycles. The van der Waals surface area contributed by atoms with Crippen molar-refractivity contribution in [1.82, 2.24) is 24.7 Å². The highest BCUT2D eigenvalue weighted by atomic mass is 16.5. The molecular formula is C23H32N6O3. The van der Waals surface area contributed by atoms with Gasteiger partial charge in [-0.05, 0) is 43.4 Å². The molecule has 3 fully saturated rings. The van der Waals surface area contributed by atoms with Crippen molar-refractivity contribution in [2.75, 3.05) is 44.7 Å².